The number of aromatic nitrogens is 3. The van der Waals surface area contributed by atoms with E-state index in [1.54, 1.807) is 17.8 Å². The topological polar surface area (TPSA) is 74.5 Å². The fourth-order valence-electron chi connectivity index (χ4n) is 3.96. The van der Waals surface area contributed by atoms with Crippen molar-refractivity contribution in [3.8, 4) is 0 Å². The van der Waals surface area contributed by atoms with E-state index < -0.39 is 6.10 Å². The van der Waals surface area contributed by atoms with Gasteiger partial charge >= 0.3 is 0 Å². The van der Waals surface area contributed by atoms with E-state index in [9.17, 15) is 9.90 Å². The zero-order valence-corrected chi connectivity index (χ0v) is 15.7. The number of rotatable bonds is 5. The van der Waals surface area contributed by atoms with E-state index in [4.69, 9.17) is 0 Å². The maximum absolute atomic E-state index is 12.9. The highest BCUT2D eigenvalue weighted by Gasteiger charge is 2.37. The molecule has 2 aliphatic heterocycles. The van der Waals surface area contributed by atoms with Crippen LogP contribution in [0.4, 0.5) is 0 Å². The van der Waals surface area contributed by atoms with Crippen LogP contribution in [0.1, 0.15) is 43.2 Å². The van der Waals surface area contributed by atoms with Crippen molar-refractivity contribution >= 4 is 5.91 Å². The van der Waals surface area contributed by atoms with Crippen molar-refractivity contribution in [1.82, 2.24) is 24.8 Å². The molecule has 0 saturated carbocycles. The minimum absolute atomic E-state index is 0.0900. The van der Waals surface area contributed by atoms with Gasteiger partial charge in [-0.25, -0.2) is 4.68 Å². The predicted octanol–water partition coefficient (Wildman–Crippen LogP) is 1.63. The highest BCUT2D eigenvalue weighted by Crippen LogP contribution is 2.27. The lowest BCUT2D eigenvalue weighted by Crippen LogP contribution is -2.54. The lowest BCUT2D eigenvalue weighted by Gasteiger charge is -2.42. The van der Waals surface area contributed by atoms with Crippen LogP contribution < -0.4 is 0 Å². The lowest BCUT2D eigenvalue weighted by atomic mass is 9.94. The van der Waals surface area contributed by atoms with Crippen LogP contribution in [0.15, 0.2) is 36.5 Å². The molecule has 1 aromatic heterocycles. The van der Waals surface area contributed by atoms with Crippen LogP contribution in [-0.2, 0) is 11.3 Å². The molecule has 1 amide bonds. The molecule has 0 bridgehead atoms. The first-order valence-corrected chi connectivity index (χ1v) is 9.75. The number of hydrogen-bond acceptors (Lipinski definition) is 5. The molecular formula is C20H27N5O2. The lowest BCUT2D eigenvalue weighted by molar-refractivity contribution is -0.143. The average molecular weight is 369 g/mol. The standard InChI is InChI=1S/C20H27N5O2/c1-15(26)19-14-25(22-21-19)18-12-24(13-18)20(27)17-8-5-9-23(11-17)10-16-6-3-2-4-7-16/h2-4,6-7,14-15,17-18,26H,5,8-13H2,1H3. The molecule has 0 aliphatic carbocycles. The summed E-state index contributed by atoms with van der Waals surface area (Å²) in [7, 11) is 0. The summed E-state index contributed by atoms with van der Waals surface area (Å²) in [6.07, 6.45) is 3.20. The molecule has 3 heterocycles. The van der Waals surface area contributed by atoms with Crippen molar-refractivity contribution in [1.29, 1.82) is 0 Å². The zero-order chi connectivity index (χ0) is 18.8. The minimum Gasteiger partial charge on any atom is -0.387 e. The molecule has 2 atom stereocenters. The summed E-state index contributed by atoms with van der Waals surface area (Å²) in [6, 6.07) is 10.6. The largest absolute Gasteiger partial charge is 0.387 e. The first-order valence-electron chi connectivity index (χ1n) is 9.75. The molecule has 1 N–H and O–H groups in total. The summed E-state index contributed by atoms with van der Waals surface area (Å²) in [5.41, 5.74) is 1.87. The molecule has 7 nitrogen and oxygen atoms in total. The number of carbonyl (C=O) groups is 1. The fourth-order valence-corrected chi connectivity index (χ4v) is 3.96. The van der Waals surface area contributed by atoms with Crippen molar-refractivity contribution in [2.75, 3.05) is 26.2 Å². The Morgan fingerprint density at radius 3 is 2.74 bits per heavy atom. The Morgan fingerprint density at radius 2 is 2.04 bits per heavy atom. The van der Waals surface area contributed by atoms with Gasteiger partial charge in [-0.3, -0.25) is 9.69 Å². The third-order valence-electron chi connectivity index (χ3n) is 5.61. The second kappa shape index (κ2) is 7.78. The van der Waals surface area contributed by atoms with Gasteiger partial charge in [-0.2, -0.15) is 0 Å². The van der Waals surface area contributed by atoms with Crippen LogP contribution >= 0.6 is 0 Å². The number of piperidine rings is 1. The maximum Gasteiger partial charge on any atom is 0.227 e. The predicted molar refractivity (Wildman–Crippen MR) is 101 cm³/mol. The summed E-state index contributed by atoms with van der Waals surface area (Å²) in [4.78, 5) is 17.2. The van der Waals surface area contributed by atoms with Crippen molar-refractivity contribution in [2.24, 2.45) is 5.92 Å². The van der Waals surface area contributed by atoms with E-state index in [1.807, 2.05) is 11.0 Å². The summed E-state index contributed by atoms with van der Waals surface area (Å²) >= 11 is 0. The number of nitrogens with zero attached hydrogens (tertiary/aromatic N) is 5. The second-order valence-corrected chi connectivity index (χ2v) is 7.76. The van der Waals surface area contributed by atoms with Crippen LogP contribution in [0.2, 0.25) is 0 Å². The van der Waals surface area contributed by atoms with Crippen molar-refractivity contribution in [2.45, 2.75) is 38.5 Å². The van der Waals surface area contributed by atoms with E-state index in [2.05, 4.69) is 39.5 Å². The van der Waals surface area contributed by atoms with Gasteiger partial charge in [0.1, 0.15) is 5.69 Å². The molecule has 1 aromatic carbocycles. The normalized spacial score (nSPS) is 22.4. The van der Waals surface area contributed by atoms with E-state index in [0.29, 0.717) is 18.8 Å². The van der Waals surface area contributed by atoms with Gasteiger partial charge in [-0.1, -0.05) is 35.5 Å². The quantitative estimate of drug-likeness (QED) is 0.867. The molecule has 2 aromatic rings. The van der Waals surface area contributed by atoms with Gasteiger partial charge in [0.2, 0.25) is 5.91 Å². The number of benzene rings is 1. The molecule has 2 saturated heterocycles. The average Bonchev–Trinajstić information content (AvgIpc) is 3.11. The number of hydrogen-bond donors (Lipinski definition) is 1. The number of carbonyl (C=O) groups excluding carboxylic acids is 1. The number of aliphatic hydroxyl groups excluding tert-OH is 1. The van der Waals surface area contributed by atoms with Crippen LogP contribution in [-0.4, -0.2) is 62.0 Å². The molecule has 2 aliphatic rings. The highest BCUT2D eigenvalue weighted by atomic mass is 16.3. The number of likely N-dealkylation sites (tertiary alicyclic amines) is 2. The van der Waals surface area contributed by atoms with E-state index in [-0.39, 0.29) is 17.9 Å². The van der Waals surface area contributed by atoms with Gasteiger partial charge in [0.25, 0.3) is 0 Å². The van der Waals surface area contributed by atoms with Gasteiger partial charge < -0.3 is 10.0 Å². The smallest absolute Gasteiger partial charge is 0.227 e. The molecule has 0 spiro atoms. The second-order valence-electron chi connectivity index (χ2n) is 7.76. The Kier molecular flexibility index (Phi) is 5.22. The Bertz CT molecular complexity index is 770. The summed E-state index contributed by atoms with van der Waals surface area (Å²) in [5.74, 6) is 0.354. The van der Waals surface area contributed by atoms with Gasteiger partial charge in [0.05, 0.1) is 24.3 Å². The third-order valence-corrected chi connectivity index (χ3v) is 5.61. The fraction of sp³-hybridized carbons (Fsp3) is 0.550. The molecular weight excluding hydrogens is 342 g/mol. The zero-order valence-electron chi connectivity index (χ0n) is 15.7. The van der Waals surface area contributed by atoms with Crippen molar-refractivity contribution in [3.05, 3.63) is 47.8 Å². The van der Waals surface area contributed by atoms with E-state index in [1.165, 1.54) is 5.56 Å². The molecule has 144 valence electrons. The Hall–Kier alpha value is -2.25. The monoisotopic (exact) mass is 369 g/mol. The molecule has 2 fully saturated rings. The summed E-state index contributed by atoms with van der Waals surface area (Å²) in [5, 5.41) is 17.6. The molecule has 27 heavy (non-hydrogen) atoms. The Labute approximate surface area is 159 Å². The van der Waals surface area contributed by atoms with Crippen molar-refractivity contribution < 1.29 is 9.90 Å². The minimum atomic E-state index is -0.616. The molecule has 0 radical (unpaired) electrons. The highest BCUT2D eigenvalue weighted by molar-refractivity contribution is 5.80. The van der Waals surface area contributed by atoms with Crippen LogP contribution in [0.5, 0.6) is 0 Å². The third kappa shape index (κ3) is 4.04. The first kappa shape index (κ1) is 18.1. The van der Waals surface area contributed by atoms with Gasteiger partial charge in [-0.05, 0) is 31.9 Å². The van der Waals surface area contributed by atoms with Gasteiger partial charge in [0, 0.05) is 26.2 Å². The Morgan fingerprint density at radius 1 is 1.26 bits per heavy atom. The molecule has 7 heteroatoms. The van der Waals surface area contributed by atoms with Crippen LogP contribution in [0, 0.1) is 5.92 Å². The van der Waals surface area contributed by atoms with Gasteiger partial charge in [-0.15, -0.1) is 5.10 Å². The summed E-state index contributed by atoms with van der Waals surface area (Å²) < 4.78 is 1.77. The molecule has 4 rings (SSSR count). The van der Waals surface area contributed by atoms with Crippen LogP contribution in [0.3, 0.4) is 0 Å². The SMILES string of the molecule is CC(O)c1cn(C2CN(C(=O)C3CCCN(Cc4ccccc4)C3)C2)nn1. The molecule has 2 unspecified atom stereocenters. The first-order chi connectivity index (χ1) is 13.1. The number of amides is 1. The summed E-state index contributed by atoms with van der Waals surface area (Å²) in [6.45, 7) is 5.84. The number of aliphatic hydroxyl groups is 1. The van der Waals surface area contributed by atoms with Gasteiger partial charge in [0.15, 0.2) is 0 Å². The maximum atomic E-state index is 12.9. The van der Waals surface area contributed by atoms with E-state index >= 15 is 0 Å². The van der Waals surface area contributed by atoms with Crippen molar-refractivity contribution in [3.63, 3.8) is 0 Å². The van der Waals surface area contributed by atoms with Crippen LogP contribution in [0.25, 0.3) is 0 Å². The van der Waals surface area contributed by atoms with E-state index in [0.717, 1.165) is 32.5 Å². The Balaban J connectivity index is 1.29.